The molecule has 0 bridgehead atoms. The summed E-state index contributed by atoms with van der Waals surface area (Å²) in [5.74, 6) is -0.907. The maximum absolute atomic E-state index is 13.5. The molecule has 0 radical (unpaired) electrons. The Balaban J connectivity index is 1.73. The van der Waals surface area contributed by atoms with Crippen LogP contribution in [0.2, 0.25) is 0 Å². The number of imide groups is 1. The number of nitrogens with zero attached hydrogens (tertiary/aromatic N) is 1. The molecule has 3 aromatic carbocycles. The fraction of sp³-hybridized carbons (Fsp3) is 0.179. The highest BCUT2D eigenvalue weighted by atomic mass is 16.2. The number of hydrogen-bond acceptors (Lipinski definition) is 4. The van der Waals surface area contributed by atoms with Gasteiger partial charge in [-0.2, -0.15) is 0 Å². The zero-order valence-corrected chi connectivity index (χ0v) is 19.7. The topological polar surface area (TPSA) is 78.5 Å². The largest absolute Gasteiger partial charge is 0.350 e. The van der Waals surface area contributed by atoms with Crippen LogP contribution in [-0.4, -0.2) is 22.6 Å². The number of hydrogen-bond donors (Lipinski definition) is 2. The number of carbonyl (C=O) groups excluding carboxylic acids is 3. The van der Waals surface area contributed by atoms with Gasteiger partial charge in [-0.1, -0.05) is 48.0 Å². The van der Waals surface area contributed by atoms with Gasteiger partial charge in [0, 0.05) is 18.3 Å². The van der Waals surface area contributed by atoms with Crippen LogP contribution in [0.3, 0.4) is 0 Å². The number of aryl methyl sites for hydroxylation is 3. The van der Waals surface area contributed by atoms with Crippen molar-refractivity contribution in [3.63, 3.8) is 0 Å². The van der Waals surface area contributed by atoms with Crippen LogP contribution in [0.4, 0.5) is 11.4 Å². The first-order valence-corrected chi connectivity index (χ1v) is 11.1. The van der Waals surface area contributed by atoms with Crippen LogP contribution in [0, 0.1) is 20.8 Å². The van der Waals surface area contributed by atoms with Gasteiger partial charge in [0.2, 0.25) is 5.91 Å². The molecule has 0 saturated carbocycles. The van der Waals surface area contributed by atoms with Gasteiger partial charge in [-0.3, -0.25) is 19.3 Å². The highest BCUT2D eigenvalue weighted by Crippen LogP contribution is 2.32. The minimum Gasteiger partial charge on any atom is -0.350 e. The molecule has 1 heterocycles. The van der Waals surface area contributed by atoms with E-state index >= 15 is 0 Å². The standard InChI is InChI=1S/C28H27N3O3/c1-17-5-7-21(8-6-17)16-31-27(33)25(22-9-11-23(12-10-22)29-20(4)32)26(28(31)34)30-24-14-18(2)13-19(3)15-24/h5-15,30H,16H2,1-4H3,(H,29,32). The number of benzene rings is 3. The van der Waals surface area contributed by atoms with Crippen molar-refractivity contribution in [1.29, 1.82) is 0 Å². The Labute approximate surface area is 199 Å². The Morgan fingerprint density at radius 2 is 1.38 bits per heavy atom. The average molecular weight is 454 g/mol. The van der Waals surface area contributed by atoms with Crippen LogP contribution in [-0.2, 0) is 20.9 Å². The highest BCUT2D eigenvalue weighted by molar-refractivity contribution is 6.36. The highest BCUT2D eigenvalue weighted by Gasteiger charge is 2.39. The van der Waals surface area contributed by atoms with Gasteiger partial charge in [0.05, 0.1) is 12.1 Å². The van der Waals surface area contributed by atoms with Gasteiger partial charge in [-0.05, 0) is 67.3 Å². The lowest BCUT2D eigenvalue weighted by atomic mass is 10.0. The van der Waals surface area contributed by atoms with Crippen LogP contribution in [0.15, 0.2) is 72.4 Å². The van der Waals surface area contributed by atoms with E-state index in [1.165, 1.54) is 11.8 Å². The molecule has 6 heteroatoms. The van der Waals surface area contributed by atoms with E-state index in [0.717, 1.165) is 27.9 Å². The molecule has 4 rings (SSSR count). The molecule has 172 valence electrons. The zero-order valence-electron chi connectivity index (χ0n) is 19.7. The third-order valence-electron chi connectivity index (χ3n) is 5.61. The number of amides is 3. The van der Waals surface area contributed by atoms with Crippen LogP contribution in [0.1, 0.15) is 34.7 Å². The van der Waals surface area contributed by atoms with Crippen molar-refractivity contribution in [2.75, 3.05) is 10.6 Å². The predicted octanol–water partition coefficient (Wildman–Crippen LogP) is 4.96. The van der Waals surface area contributed by atoms with E-state index in [1.807, 2.05) is 63.2 Å². The van der Waals surface area contributed by atoms with E-state index < -0.39 is 0 Å². The third kappa shape index (κ3) is 4.91. The van der Waals surface area contributed by atoms with E-state index in [1.54, 1.807) is 24.3 Å². The molecule has 0 saturated heterocycles. The minimum atomic E-state index is -0.370. The summed E-state index contributed by atoms with van der Waals surface area (Å²) in [4.78, 5) is 39.6. The van der Waals surface area contributed by atoms with Crippen molar-refractivity contribution < 1.29 is 14.4 Å². The Kier molecular flexibility index (Phi) is 6.32. The summed E-state index contributed by atoms with van der Waals surface area (Å²) >= 11 is 0. The molecule has 2 N–H and O–H groups in total. The molecule has 0 fully saturated rings. The third-order valence-corrected chi connectivity index (χ3v) is 5.61. The molecule has 1 aliphatic rings. The normalized spacial score (nSPS) is 13.5. The number of anilines is 2. The Morgan fingerprint density at radius 3 is 1.97 bits per heavy atom. The van der Waals surface area contributed by atoms with E-state index in [9.17, 15) is 14.4 Å². The number of nitrogens with one attached hydrogen (secondary N) is 2. The molecular weight excluding hydrogens is 426 g/mol. The van der Waals surface area contributed by atoms with Crippen molar-refractivity contribution >= 4 is 34.7 Å². The summed E-state index contributed by atoms with van der Waals surface area (Å²) < 4.78 is 0. The van der Waals surface area contributed by atoms with Gasteiger partial charge in [0.15, 0.2) is 0 Å². The summed E-state index contributed by atoms with van der Waals surface area (Å²) in [6.07, 6.45) is 0. The zero-order chi connectivity index (χ0) is 24.4. The van der Waals surface area contributed by atoms with Crippen LogP contribution >= 0.6 is 0 Å². The second kappa shape index (κ2) is 9.35. The molecule has 0 aromatic heterocycles. The summed E-state index contributed by atoms with van der Waals surface area (Å²) in [5, 5.41) is 5.94. The summed E-state index contributed by atoms with van der Waals surface area (Å²) in [6.45, 7) is 7.58. The Morgan fingerprint density at radius 1 is 0.765 bits per heavy atom. The first kappa shape index (κ1) is 23.0. The van der Waals surface area contributed by atoms with Crippen molar-refractivity contribution in [3.8, 4) is 0 Å². The molecule has 6 nitrogen and oxygen atoms in total. The van der Waals surface area contributed by atoms with Gasteiger partial charge in [-0.15, -0.1) is 0 Å². The number of carbonyl (C=O) groups is 3. The average Bonchev–Trinajstić information content (AvgIpc) is 2.99. The van der Waals surface area contributed by atoms with Gasteiger partial charge in [0.25, 0.3) is 11.8 Å². The van der Waals surface area contributed by atoms with E-state index in [2.05, 4.69) is 10.6 Å². The Bertz CT molecular complexity index is 1290. The molecule has 3 amide bonds. The molecular formula is C28H27N3O3. The SMILES string of the molecule is CC(=O)Nc1ccc(C2=C(Nc3cc(C)cc(C)c3)C(=O)N(Cc3ccc(C)cc3)C2=O)cc1. The monoisotopic (exact) mass is 453 g/mol. The summed E-state index contributed by atoms with van der Waals surface area (Å²) in [7, 11) is 0. The smallest absolute Gasteiger partial charge is 0.278 e. The molecule has 0 aliphatic carbocycles. The van der Waals surface area contributed by atoms with Gasteiger partial charge in [0.1, 0.15) is 5.70 Å². The number of rotatable bonds is 6. The second-order valence-electron chi connectivity index (χ2n) is 8.69. The van der Waals surface area contributed by atoms with Crippen molar-refractivity contribution in [1.82, 2.24) is 4.90 Å². The van der Waals surface area contributed by atoms with E-state index in [-0.39, 0.29) is 30.0 Å². The second-order valence-corrected chi connectivity index (χ2v) is 8.69. The van der Waals surface area contributed by atoms with Gasteiger partial charge < -0.3 is 10.6 Å². The summed E-state index contributed by atoms with van der Waals surface area (Å²) in [5.41, 5.74) is 6.62. The lowest BCUT2D eigenvalue weighted by Crippen LogP contribution is -2.32. The molecule has 0 atom stereocenters. The predicted molar refractivity (Wildman–Crippen MR) is 134 cm³/mol. The maximum Gasteiger partial charge on any atom is 0.278 e. The van der Waals surface area contributed by atoms with Crippen molar-refractivity contribution in [3.05, 3.63) is 100 Å². The van der Waals surface area contributed by atoms with Crippen molar-refractivity contribution in [2.45, 2.75) is 34.2 Å². The Hall–Kier alpha value is -4.19. The van der Waals surface area contributed by atoms with Gasteiger partial charge in [-0.25, -0.2) is 0 Å². The fourth-order valence-corrected chi connectivity index (χ4v) is 4.09. The molecule has 3 aromatic rings. The first-order chi connectivity index (χ1) is 16.2. The fourth-order valence-electron chi connectivity index (χ4n) is 4.09. The quantitative estimate of drug-likeness (QED) is 0.517. The molecule has 1 aliphatic heterocycles. The molecule has 0 unspecified atom stereocenters. The van der Waals surface area contributed by atoms with Crippen molar-refractivity contribution in [2.24, 2.45) is 0 Å². The lowest BCUT2D eigenvalue weighted by molar-refractivity contribution is -0.137. The minimum absolute atomic E-state index is 0.180. The lowest BCUT2D eigenvalue weighted by Gasteiger charge is -2.16. The van der Waals surface area contributed by atoms with Crippen LogP contribution in [0.25, 0.3) is 5.57 Å². The van der Waals surface area contributed by atoms with E-state index in [0.29, 0.717) is 16.8 Å². The van der Waals surface area contributed by atoms with Gasteiger partial charge >= 0.3 is 0 Å². The maximum atomic E-state index is 13.5. The molecule has 34 heavy (non-hydrogen) atoms. The molecule has 0 spiro atoms. The first-order valence-electron chi connectivity index (χ1n) is 11.1. The summed E-state index contributed by atoms with van der Waals surface area (Å²) in [6, 6.07) is 20.6. The van der Waals surface area contributed by atoms with Crippen LogP contribution in [0.5, 0.6) is 0 Å². The van der Waals surface area contributed by atoms with E-state index in [4.69, 9.17) is 0 Å². The van der Waals surface area contributed by atoms with Crippen LogP contribution < -0.4 is 10.6 Å².